The van der Waals surface area contributed by atoms with Gasteiger partial charge in [-0.25, -0.2) is 0 Å². The molecule has 0 amide bonds. The van der Waals surface area contributed by atoms with Crippen molar-refractivity contribution >= 4 is 17.7 Å². The highest BCUT2D eigenvalue weighted by molar-refractivity contribution is 6.01. The van der Waals surface area contributed by atoms with Gasteiger partial charge in [-0.15, -0.1) is 0 Å². The maximum absolute atomic E-state index is 13.5. The molecule has 12 atom stereocenters. The predicted octanol–water partition coefficient (Wildman–Crippen LogP) is 0.451. The Morgan fingerprint density at radius 2 is 1.66 bits per heavy atom. The molecule has 8 heteroatoms. The molecule has 0 aromatic heterocycles. The third-order valence-electron chi connectivity index (χ3n) is 11.5. The van der Waals surface area contributed by atoms with Crippen LogP contribution in [0.25, 0.3) is 0 Å². The fraction of sp³-hybridized carbons (Fsp3) is 0.875. The molecular formula is C24H32O8. The Hall–Kier alpha value is -1.51. The molecule has 32 heavy (non-hydrogen) atoms. The van der Waals surface area contributed by atoms with Crippen molar-refractivity contribution in [1.82, 2.24) is 0 Å². The fourth-order valence-electron chi connectivity index (χ4n) is 10.6. The molecule has 0 aromatic carbocycles. The summed E-state index contributed by atoms with van der Waals surface area (Å²) in [6.07, 6.45) is -0.985. The quantitative estimate of drug-likeness (QED) is 0.531. The molecule has 0 aliphatic heterocycles. The van der Waals surface area contributed by atoms with Crippen LogP contribution in [0.15, 0.2) is 0 Å². The first-order valence-electron chi connectivity index (χ1n) is 11.6. The first kappa shape index (κ1) is 21.1. The number of hydrogen-bond donors (Lipinski definition) is 3. The first-order chi connectivity index (χ1) is 14.6. The lowest BCUT2D eigenvalue weighted by Gasteiger charge is -2.65. The monoisotopic (exact) mass is 448 g/mol. The highest BCUT2D eigenvalue weighted by Gasteiger charge is 3.01. The van der Waals surface area contributed by atoms with E-state index < -0.39 is 68.8 Å². The second-order valence-electron chi connectivity index (χ2n) is 12.3. The van der Waals surface area contributed by atoms with Gasteiger partial charge in [0.15, 0.2) is 5.78 Å². The molecule has 0 saturated heterocycles. The number of aliphatic hydroxyl groups is 3. The number of carbonyl (C=O) groups excluding carboxylic acids is 3. The van der Waals surface area contributed by atoms with Crippen molar-refractivity contribution in [3.05, 3.63) is 0 Å². The molecular weight excluding hydrogens is 416 g/mol. The number of esters is 2. The minimum absolute atomic E-state index is 0.0119. The van der Waals surface area contributed by atoms with Crippen LogP contribution in [-0.4, -0.2) is 62.6 Å². The summed E-state index contributed by atoms with van der Waals surface area (Å²) in [7, 11) is 0. The number of ether oxygens (including phenoxy) is 2. The molecule has 0 radical (unpaired) electrons. The van der Waals surface area contributed by atoms with Gasteiger partial charge in [0, 0.05) is 47.8 Å². The Labute approximate surface area is 186 Å². The average Bonchev–Trinajstić information content (AvgIpc) is 2.91. The minimum atomic E-state index is -1.71. The maximum atomic E-state index is 13.5. The number of carbonyl (C=O) groups is 3. The third-order valence-corrected chi connectivity index (χ3v) is 11.5. The van der Waals surface area contributed by atoms with E-state index in [1.165, 1.54) is 13.8 Å². The molecule has 6 rings (SSSR count). The smallest absolute Gasteiger partial charge is 0.303 e. The summed E-state index contributed by atoms with van der Waals surface area (Å²) in [5, 5.41) is 35.5. The van der Waals surface area contributed by atoms with E-state index in [0.29, 0.717) is 0 Å². The van der Waals surface area contributed by atoms with Gasteiger partial charge in [0.05, 0.1) is 18.3 Å². The zero-order chi connectivity index (χ0) is 23.6. The van der Waals surface area contributed by atoms with Gasteiger partial charge >= 0.3 is 11.9 Å². The molecule has 0 spiro atoms. The third kappa shape index (κ3) is 1.56. The largest absolute Gasteiger partial charge is 0.465 e. The summed E-state index contributed by atoms with van der Waals surface area (Å²) in [5.74, 6) is -3.79. The van der Waals surface area contributed by atoms with Crippen LogP contribution < -0.4 is 0 Å². The Morgan fingerprint density at radius 1 is 1.03 bits per heavy atom. The van der Waals surface area contributed by atoms with Crippen LogP contribution in [0, 0.1) is 51.8 Å². The van der Waals surface area contributed by atoms with Gasteiger partial charge in [0.2, 0.25) is 0 Å². The molecule has 0 unspecified atom stereocenters. The van der Waals surface area contributed by atoms with Crippen molar-refractivity contribution < 1.29 is 39.2 Å². The molecule has 6 fully saturated rings. The van der Waals surface area contributed by atoms with E-state index in [2.05, 4.69) is 0 Å². The van der Waals surface area contributed by atoms with Crippen LogP contribution in [0.5, 0.6) is 0 Å². The topological polar surface area (TPSA) is 130 Å². The summed E-state index contributed by atoms with van der Waals surface area (Å²) in [4.78, 5) is 37.3. The Kier molecular flexibility index (Phi) is 3.36. The normalized spacial score (nSPS) is 61.5. The molecule has 6 aliphatic carbocycles. The molecule has 0 aromatic rings. The van der Waals surface area contributed by atoms with E-state index >= 15 is 0 Å². The zero-order valence-electron chi connectivity index (χ0n) is 19.3. The van der Waals surface area contributed by atoms with Gasteiger partial charge in [-0.1, -0.05) is 27.7 Å². The number of aliphatic hydroxyl groups excluding tert-OH is 1. The lowest BCUT2D eigenvalue weighted by molar-refractivity contribution is -0.236. The van der Waals surface area contributed by atoms with Gasteiger partial charge in [-0.05, 0) is 24.2 Å². The van der Waals surface area contributed by atoms with Crippen LogP contribution in [0.2, 0.25) is 0 Å². The Bertz CT molecular complexity index is 1010. The second-order valence-corrected chi connectivity index (χ2v) is 12.3. The van der Waals surface area contributed by atoms with Crippen LogP contribution in [-0.2, 0) is 23.9 Å². The highest BCUT2D eigenvalue weighted by Crippen LogP contribution is 2.93. The lowest BCUT2D eigenvalue weighted by Crippen LogP contribution is -2.67. The van der Waals surface area contributed by atoms with Crippen molar-refractivity contribution in [1.29, 1.82) is 0 Å². The Morgan fingerprint density at radius 3 is 2.19 bits per heavy atom. The highest BCUT2D eigenvalue weighted by atomic mass is 16.6. The van der Waals surface area contributed by atoms with Crippen molar-refractivity contribution in [3.63, 3.8) is 0 Å². The van der Waals surface area contributed by atoms with Crippen LogP contribution >= 0.6 is 0 Å². The molecule has 8 nitrogen and oxygen atoms in total. The summed E-state index contributed by atoms with van der Waals surface area (Å²) in [6.45, 7) is 10.1. The number of Topliss-reactive ketones (excluding diaryl/α,β-unsaturated/α-hetero) is 1. The summed E-state index contributed by atoms with van der Waals surface area (Å²) in [6, 6.07) is 0. The van der Waals surface area contributed by atoms with Crippen LogP contribution in [0.3, 0.4) is 0 Å². The molecule has 176 valence electrons. The second kappa shape index (κ2) is 5.10. The lowest BCUT2D eigenvalue weighted by atomic mass is 9.37. The van der Waals surface area contributed by atoms with Gasteiger partial charge in [-0.3, -0.25) is 14.4 Å². The maximum Gasteiger partial charge on any atom is 0.303 e. The Balaban J connectivity index is 1.55. The minimum Gasteiger partial charge on any atom is -0.465 e. The molecule has 6 saturated carbocycles. The zero-order valence-corrected chi connectivity index (χ0v) is 19.3. The molecule has 3 N–H and O–H groups in total. The van der Waals surface area contributed by atoms with Crippen LogP contribution in [0.4, 0.5) is 0 Å². The van der Waals surface area contributed by atoms with E-state index in [1.807, 2.05) is 20.8 Å². The van der Waals surface area contributed by atoms with Crippen molar-refractivity contribution in [2.24, 2.45) is 51.8 Å². The van der Waals surface area contributed by atoms with E-state index in [0.717, 1.165) is 0 Å². The van der Waals surface area contributed by atoms with Crippen LogP contribution in [0.1, 0.15) is 48.0 Å². The van der Waals surface area contributed by atoms with E-state index in [-0.39, 0.29) is 36.6 Å². The van der Waals surface area contributed by atoms with E-state index in [9.17, 15) is 29.7 Å². The number of ketones is 1. The summed E-state index contributed by atoms with van der Waals surface area (Å²) >= 11 is 0. The standard InChI is InChI=1S/C24H32O8/c1-9-17(27)24(32-11(3)26)15(19(24,4)5)14-12-13-16(23(9,14)30)22(29)7-21(12,8-31-10(2)25)20(13,6)18(22)28/h9,12-17,27,29-30H,7-8H2,1-6H3/t9-,12+,13+,14+,15-,16-,17-,20-,21+,22+,23-,24-/m1/s1. The van der Waals surface area contributed by atoms with Gasteiger partial charge in [-0.2, -0.15) is 0 Å². The summed E-state index contributed by atoms with van der Waals surface area (Å²) < 4.78 is 11.3. The number of fused-ring (bicyclic) bond motifs is 8. The first-order valence-corrected chi connectivity index (χ1v) is 11.6. The van der Waals surface area contributed by atoms with Gasteiger partial charge < -0.3 is 24.8 Å². The van der Waals surface area contributed by atoms with E-state index in [4.69, 9.17) is 9.47 Å². The average molecular weight is 449 g/mol. The molecule has 0 heterocycles. The SMILES string of the molecule is CC(=O)OC[C@]12C[C@@]3(O)C(=O)[C@@]1(C)[C@H]1[C@H]2[C@H]2[C@@H]4C(C)(C)[C@]4(OC(C)=O)[C@H](O)[C@@H](C)[C@]2(O)[C@H]13. The van der Waals surface area contributed by atoms with Gasteiger partial charge in [0.25, 0.3) is 0 Å². The predicted molar refractivity (Wildman–Crippen MR) is 108 cm³/mol. The summed E-state index contributed by atoms with van der Waals surface area (Å²) in [5.41, 5.74) is -6.59. The van der Waals surface area contributed by atoms with Gasteiger partial charge in [0.1, 0.15) is 11.2 Å². The fourth-order valence-corrected chi connectivity index (χ4v) is 10.6. The molecule has 6 aliphatic rings. The molecule has 2 bridgehead atoms. The number of rotatable bonds is 3. The number of hydrogen-bond acceptors (Lipinski definition) is 8. The van der Waals surface area contributed by atoms with Crippen molar-refractivity contribution in [3.8, 4) is 0 Å². The van der Waals surface area contributed by atoms with Crippen molar-refractivity contribution in [2.75, 3.05) is 6.61 Å². The van der Waals surface area contributed by atoms with Crippen molar-refractivity contribution in [2.45, 2.75) is 70.9 Å². The van der Waals surface area contributed by atoms with E-state index in [1.54, 1.807) is 6.92 Å².